The molecule has 328 valence electrons. The van der Waals surface area contributed by atoms with Crippen LogP contribution in [0.4, 0.5) is 0 Å². The summed E-state index contributed by atoms with van der Waals surface area (Å²) in [6, 6.07) is -0.780. The van der Waals surface area contributed by atoms with Crippen molar-refractivity contribution in [3.63, 3.8) is 0 Å². The van der Waals surface area contributed by atoms with E-state index in [1.807, 2.05) is 0 Å². The number of unbranched alkanes of at least 4 members (excludes halogenated alkanes) is 23. The molecule has 0 aliphatic heterocycles. The van der Waals surface area contributed by atoms with Crippen LogP contribution in [0.3, 0.4) is 0 Å². The van der Waals surface area contributed by atoms with Gasteiger partial charge in [0.25, 0.3) is 0 Å². The van der Waals surface area contributed by atoms with Crippen molar-refractivity contribution < 1.29 is 28.4 Å². The normalized spacial score (nSPS) is 14.4. The number of amides is 1. The fraction of sp³-hybridized carbons (Fsp3) is 0.809. The van der Waals surface area contributed by atoms with Gasteiger partial charge in [0.2, 0.25) is 5.91 Å². The van der Waals surface area contributed by atoms with Crippen molar-refractivity contribution in [1.29, 1.82) is 0 Å². The second-order valence-corrected chi connectivity index (χ2v) is 17.0. The van der Waals surface area contributed by atoms with E-state index in [9.17, 15) is 19.4 Å². The van der Waals surface area contributed by atoms with Crippen molar-refractivity contribution in [1.82, 2.24) is 5.32 Å². The van der Waals surface area contributed by atoms with Gasteiger partial charge in [-0.05, 0) is 51.4 Å². The van der Waals surface area contributed by atoms with E-state index in [4.69, 9.17) is 14.8 Å². The van der Waals surface area contributed by atoms with Gasteiger partial charge >= 0.3 is 7.82 Å². The topological polar surface area (TPSA) is 131 Å². The Morgan fingerprint density at radius 3 is 1.52 bits per heavy atom. The summed E-state index contributed by atoms with van der Waals surface area (Å²) in [7, 11) is -4.32. The third-order valence-electron chi connectivity index (χ3n) is 10.2. The van der Waals surface area contributed by atoms with Crippen LogP contribution in [0.25, 0.3) is 0 Å². The molecule has 9 heteroatoms. The van der Waals surface area contributed by atoms with Gasteiger partial charge in [0.1, 0.15) is 0 Å². The number of carbonyl (C=O) groups is 1. The molecule has 0 aromatic carbocycles. The fourth-order valence-corrected chi connectivity index (χ4v) is 7.48. The van der Waals surface area contributed by atoms with Crippen LogP contribution in [0.15, 0.2) is 48.6 Å². The van der Waals surface area contributed by atoms with E-state index < -0.39 is 20.0 Å². The molecule has 0 aliphatic rings. The molecular formula is C47H89N2O6P. The minimum Gasteiger partial charge on any atom is -0.391 e. The van der Waals surface area contributed by atoms with E-state index in [0.29, 0.717) is 12.8 Å². The van der Waals surface area contributed by atoms with Crippen molar-refractivity contribution >= 4 is 13.7 Å². The Bertz CT molecular complexity index is 1020. The van der Waals surface area contributed by atoms with Gasteiger partial charge in [0, 0.05) is 13.0 Å². The van der Waals surface area contributed by atoms with Gasteiger partial charge in [-0.25, -0.2) is 4.57 Å². The average molecular weight is 809 g/mol. The maximum absolute atomic E-state index is 12.8. The molecule has 0 radical (unpaired) electrons. The summed E-state index contributed by atoms with van der Waals surface area (Å²) in [6.07, 6.45) is 52.6. The van der Waals surface area contributed by atoms with E-state index >= 15 is 0 Å². The van der Waals surface area contributed by atoms with E-state index in [-0.39, 0.29) is 25.7 Å². The Hall–Kier alpha value is -1.54. The standard InChI is InChI=1S/C47H89N2O6P/c1-3-5-7-9-11-13-15-17-19-21-22-23-24-25-27-29-31-33-35-37-39-41-47(51)49-45(44-55-56(52,53)54-43-42-48)46(50)40-38-36-34-32-30-28-26-20-18-16-14-12-10-8-6-4-2/h5,7,11,13,17,19,22-23,45-46,50H,3-4,6,8-10,12,14-16,18,20-21,24-44,48H2,1-2H3,(H,49,51)(H,52,53)/b7-5-,13-11-,19-17-,23-22-. The highest BCUT2D eigenvalue weighted by atomic mass is 31.2. The lowest BCUT2D eigenvalue weighted by Crippen LogP contribution is -2.46. The summed E-state index contributed by atoms with van der Waals surface area (Å²) in [5, 5.41) is 13.8. The number of phosphoric acid groups is 1. The molecule has 1 amide bonds. The lowest BCUT2D eigenvalue weighted by Gasteiger charge is -2.25. The van der Waals surface area contributed by atoms with Crippen LogP contribution in [-0.4, -0.2) is 47.8 Å². The number of aliphatic hydroxyl groups excluding tert-OH is 1. The molecule has 0 saturated heterocycles. The van der Waals surface area contributed by atoms with Gasteiger partial charge in [-0.2, -0.15) is 0 Å². The quantitative estimate of drug-likeness (QED) is 0.0274. The molecule has 0 rings (SSSR count). The van der Waals surface area contributed by atoms with Crippen molar-refractivity contribution in [2.75, 3.05) is 19.8 Å². The zero-order valence-electron chi connectivity index (χ0n) is 36.4. The number of carbonyl (C=O) groups excluding carboxylic acids is 1. The maximum Gasteiger partial charge on any atom is 0.472 e. The fourth-order valence-electron chi connectivity index (χ4n) is 6.72. The van der Waals surface area contributed by atoms with Gasteiger partial charge < -0.3 is 21.1 Å². The van der Waals surface area contributed by atoms with Crippen LogP contribution >= 0.6 is 7.82 Å². The minimum atomic E-state index is -4.32. The van der Waals surface area contributed by atoms with Crippen molar-refractivity contribution in [3.8, 4) is 0 Å². The summed E-state index contributed by atoms with van der Waals surface area (Å²) < 4.78 is 22.2. The van der Waals surface area contributed by atoms with E-state index in [1.54, 1.807) is 0 Å². The molecule has 0 aromatic heterocycles. The molecule has 5 N–H and O–H groups in total. The smallest absolute Gasteiger partial charge is 0.391 e. The van der Waals surface area contributed by atoms with Crippen LogP contribution in [-0.2, 0) is 18.4 Å². The number of aliphatic hydroxyl groups is 1. The Labute approximate surface area is 345 Å². The number of hydrogen-bond donors (Lipinski definition) is 4. The molecule has 8 nitrogen and oxygen atoms in total. The average Bonchev–Trinajstić information content (AvgIpc) is 3.19. The van der Waals surface area contributed by atoms with Crippen molar-refractivity contribution in [3.05, 3.63) is 48.6 Å². The number of allylic oxidation sites excluding steroid dienone is 8. The van der Waals surface area contributed by atoms with Gasteiger partial charge in [-0.15, -0.1) is 0 Å². The first-order chi connectivity index (χ1) is 27.4. The van der Waals surface area contributed by atoms with Gasteiger partial charge in [-0.1, -0.05) is 204 Å². The SMILES string of the molecule is CC/C=C\C/C=C\C/C=C\C/C=C\CCCCCCCCCCC(=O)NC(COP(=O)(O)OCCN)C(O)CCCCCCCCCCCCCCCCCC. The lowest BCUT2D eigenvalue weighted by atomic mass is 10.0. The van der Waals surface area contributed by atoms with Gasteiger partial charge in [-0.3, -0.25) is 13.8 Å². The second kappa shape index (κ2) is 43.0. The third-order valence-corrected chi connectivity index (χ3v) is 11.2. The summed E-state index contributed by atoms with van der Waals surface area (Å²) in [5.74, 6) is -0.170. The van der Waals surface area contributed by atoms with Crippen molar-refractivity contribution in [2.45, 2.75) is 225 Å². The largest absolute Gasteiger partial charge is 0.472 e. The second-order valence-electron chi connectivity index (χ2n) is 15.6. The number of rotatable bonds is 43. The summed E-state index contributed by atoms with van der Waals surface area (Å²) in [5.41, 5.74) is 5.39. The highest BCUT2D eigenvalue weighted by Crippen LogP contribution is 2.43. The Morgan fingerprint density at radius 1 is 0.607 bits per heavy atom. The first kappa shape index (κ1) is 54.5. The lowest BCUT2D eigenvalue weighted by molar-refractivity contribution is -0.123. The number of hydrogen-bond acceptors (Lipinski definition) is 6. The Kier molecular flexibility index (Phi) is 41.9. The molecule has 3 atom stereocenters. The maximum atomic E-state index is 12.8. The molecule has 0 heterocycles. The third kappa shape index (κ3) is 40.6. The molecule has 0 fully saturated rings. The minimum absolute atomic E-state index is 0.0859. The molecule has 0 spiro atoms. The summed E-state index contributed by atoms with van der Waals surface area (Å²) in [6.45, 7) is 4.10. The molecular weight excluding hydrogens is 719 g/mol. The summed E-state index contributed by atoms with van der Waals surface area (Å²) in [4.78, 5) is 22.8. The molecule has 3 unspecified atom stereocenters. The van der Waals surface area contributed by atoms with E-state index in [1.165, 1.54) is 116 Å². The predicted octanol–water partition coefficient (Wildman–Crippen LogP) is 13.3. The zero-order chi connectivity index (χ0) is 41.1. The first-order valence-corrected chi connectivity index (χ1v) is 24.7. The van der Waals surface area contributed by atoms with E-state index in [0.717, 1.165) is 70.6 Å². The van der Waals surface area contributed by atoms with Gasteiger partial charge in [0.15, 0.2) is 0 Å². The molecule has 0 aliphatic carbocycles. The first-order valence-electron chi connectivity index (χ1n) is 23.3. The van der Waals surface area contributed by atoms with Gasteiger partial charge in [0.05, 0.1) is 25.4 Å². The molecule has 0 aromatic rings. The number of phosphoric ester groups is 1. The molecule has 56 heavy (non-hydrogen) atoms. The highest BCUT2D eigenvalue weighted by molar-refractivity contribution is 7.47. The predicted molar refractivity (Wildman–Crippen MR) is 240 cm³/mol. The Balaban J connectivity index is 4.13. The van der Waals surface area contributed by atoms with Crippen LogP contribution in [0.2, 0.25) is 0 Å². The van der Waals surface area contributed by atoms with E-state index in [2.05, 4.69) is 67.8 Å². The molecule has 0 saturated carbocycles. The molecule has 0 bridgehead atoms. The Morgan fingerprint density at radius 2 is 1.04 bits per heavy atom. The summed E-state index contributed by atoms with van der Waals surface area (Å²) >= 11 is 0. The number of nitrogens with two attached hydrogens (primary N) is 1. The zero-order valence-corrected chi connectivity index (χ0v) is 37.3. The monoisotopic (exact) mass is 809 g/mol. The highest BCUT2D eigenvalue weighted by Gasteiger charge is 2.27. The number of nitrogens with one attached hydrogen (secondary N) is 1. The van der Waals surface area contributed by atoms with Crippen LogP contribution in [0.5, 0.6) is 0 Å². The van der Waals surface area contributed by atoms with Crippen LogP contribution < -0.4 is 11.1 Å². The van der Waals surface area contributed by atoms with Crippen LogP contribution in [0, 0.1) is 0 Å². The van der Waals surface area contributed by atoms with Crippen LogP contribution in [0.1, 0.15) is 213 Å². The van der Waals surface area contributed by atoms with Crippen molar-refractivity contribution in [2.24, 2.45) is 5.73 Å².